The molecule has 2 aromatic rings. The average molecular weight is 328 g/mol. The number of aromatic nitrogens is 1. The van der Waals surface area contributed by atoms with E-state index in [1.54, 1.807) is 18.2 Å². The maximum absolute atomic E-state index is 11.8. The topological polar surface area (TPSA) is 113 Å². The second kappa shape index (κ2) is 8.28. The molecule has 2 amide bonds. The van der Waals surface area contributed by atoms with Crippen molar-refractivity contribution in [1.82, 2.24) is 15.7 Å². The van der Waals surface area contributed by atoms with Gasteiger partial charge >= 0.3 is 0 Å². The number of phenols is 1. The van der Waals surface area contributed by atoms with Crippen molar-refractivity contribution in [3.8, 4) is 11.5 Å². The van der Waals surface area contributed by atoms with Gasteiger partial charge in [0.2, 0.25) is 0 Å². The van der Waals surface area contributed by atoms with Crippen molar-refractivity contribution in [2.45, 2.75) is 0 Å². The molecule has 8 heteroatoms. The highest BCUT2D eigenvalue weighted by Gasteiger charge is 2.07. The first-order valence-corrected chi connectivity index (χ1v) is 6.98. The number of pyridine rings is 1. The van der Waals surface area contributed by atoms with Crippen LogP contribution >= 0.6 is 0 Å². The molecule has 0 atom stereocenters. The lowest BCUT2D eigenvalue weighted by Crippen LogP contribution is -2.34. The third kappa shape index (κ3) is 4.54. The molecule has 0 saturated carbocycles. The molecule has 0 saturated heterocycles. The third-order valence-corrected chi connectivity index (χ3v) is 3.00. The number of aromatic hydroxyl groups is 1. The molecule has 0 aliphatic rings. The Bertz CT molecular complexity index is 747. The Balaban J connectivity index is 1.84. The second-order valence-corrected chi connectivity index (χ2v) is 4.61. The van der Waals surface area contributed by atoms with E-state index < -0.39 is 5.91 Å². The van der Waals surface area contributed by atoms with E-state index in [2.05, 4.69) is 20.8 Å². The molecule has 8 nitrogen and oxygen atoms in total. The minimum absolute atomic E-state index is 0.0796. The first kappa shape index (κ1) is 16.9. The highest BCUT2D eigenvalue weighted by Crippen LogP contribution is 2.27. The molecule has 2 rings (SSSR count). The number of nitrogens with one attached hydrogen (secondary N) is 2. The number of methoxy groups -OCH3 is 1. The zero-order valence-electron chi connectivity index (χ0n) is 12.9. The number of hydrazone groups is 1. The zero-order valence-corrected chi connectivity index (χ0v) is 12.9. The third-order valence-electron chi connectivity index (χ3n) is 3.00. The minimum atomic E-state index is -0.504. The molecule has 124 valence electrons. The first-order valence-electron chi connectivity index (χ1n) is 6.98. The molecule has 3 N–H and O–H groups in total. The van der Waals surface area contributed by atoms with Gasteiger partial charge in [-0.05, 0) is 24.3 Å². The molecular formula is C16H16N4O4. The highest BCUT2D eigenvalue weighted by molar-refractivity contribution is 5.96. The van der Waals surface area contributed by atoms with Crippen LogP contribution in [0.25, 0.3) is 0 Å². The summed E-state index contributed by atoms with van der Waals surface area (Å²) in [5.41, 5.74) is 3.04. The van der Waals surface area contributed by atoms with E-state index in [0.29, 0.717) is 16.9 Å². The zero-order chi connectivity index (χ0) is 17.4. The van der Waals surface area contributed by atoms with Crippen LogP contribution in [0.2, 0.25) is 0 Å². The lowest BCUT2D eigenvalue weighted by Gasteiger charge is -2.05. The van der Waals surface area contributed by atoms with Crippen molar-refractivity contribution in [2.24, 2.45) is 5.10 Å². The molecule has 0 spiro atoms. The van der Waals surface area contributed by atoms with Gasteiger partial charge in [-0.3, -0.25) is 14.6 Å². The molecule has 24 heavy (non-hydrogen) atoms. The Morgan fingerprint density at radius 2 is 2.04 bits per heavy atom. The van der Waals surface area contributed by atoms with Crippen LogP contribution in [-0.2, 0) is 4.79 Å². The lowest BCUT2D eigenvalue weighted by molar-refractivity contribution is -0.120. The number of rotatable bonds is 6. The summed E-state index contributed by atoms with van der Waals surface area (Å²) >= 11 is 0. The van der Waals surface area contributed by atoms with Crippen LogP contribution in [0.1, 0.15) is 15.9 Å². The van der Waals surface area contributed by atoms with Crippen molar-refractivity contribution in [2.75, 3.05) is 13.7 Å². The number of hydrogen-bond acceptors (Lipinski definition) is 6. The maximum Gasteiger partial charge on any atom is 0.259 e. The van der Waals surface area contributed by atoms with Crippen molar-refractivity contribution < 1.29 is 19.4 Å². The minimum Gasteiger partial charge on any atom is -0.504 e. The van der Waals surface area contributed by atoms with E-state index in [1.165, 1.54) is 37.9 Å². The van der Waals surface area contributed by atoms with Gasteiger partial charge in [0, 0.05) is 23.5 Å². The van der Waals surface area contributed by atoms with Crippen LogP contribution in [-0.4, -0.2) is 41.8 Å². The molecule has 0 aliphatic heterocycles. The van der Waals surface area contributed by atoms with Gasteiger partial charge < -0.3 is 15.2 Å². The molecule has 0 fully saturated rings. The Morgan fingerprint density at radius 1 is 1.29 bits per heavy atom. The van der Waals surface area contributed by atoms with Crippen molar-refractivity contribution in [1.29, 1.82) is 0 Å². The second-order valence-electron chi connectivity index (χ2n) is 4.61. The first-order chi connectivity index (χ1) is 11.6. The van der Waals surface area contributed by atoms with Gasteiger partial charge in [0.15, 0.2) is 11.5 Å². The fourth-order valence-corrected chi connectivity index (χ4v) is 1.79. The van der Waals surface area contributed by atoms with Gasteiger partial charge in [-0.25, -0.2) is 5.43 Å². The Morgan fingerprint density at radius 3 is 2.75 bits per heavy atom. The smallest absolute Gasteiger partial charge is 0.259 e. The summed E-state index contributed by atoms with van der Waals surface area (Å²) in [6, 6.07) is 7.96. The van der Waals surface area contributed by atoms with Gasteiger partial charge in [0.25, 0.3) is 11.8 Å². The highest BCUT2D eigenvalue weighted by atomic mass is 16.5. The normalized spacial score (nSPS) is 10.4. The Hall–Kier alpha value is -3.42. The van der Waals surface area contributed by atoms with E-state index in [-0.39, 0.29) is 18.2 Å². The van der Waals surface area contributed by atoms with Crippen LogP contribution in [0, 0.1) is 0 Å². The van der Waals surface area contributed by atoms with Crippen LogP contribution in [0.4, 0.5) is 0 Å². The number of carbonyl (C=O) groups excluding carboxylic acids is 2. The quantitative estimate of drug-likeness (QED) is 0.533. The summed E-state index contributed by atoms with van der Waals surface area (Å²) in [6.45, 7) is -0.234. The van der Waals surface area contributed by atoms with E-state index in [9.17, 15) is 14.7 Å². The summed E-state index contributed by atoms with van der Waals surface area (Å²) < 4.78 is 4.97. The number of ether oxygens (including phenoxy) is 1. The summed E-state index contributed by atoms with van der Waals surface area (Å²) in [7, 11) is 1.43. The SMILES string of the molecule is COc1cccc(/C=N\NC(=O)CNC(=O)c2ccncc2)c1O. The Labute approximate surface area is 138 Å². The largest absolute Gasteiger partial charge is 0.504 e. The number of amides is 2. The number of benzene rings is 1. The van der Waals surface area contributed by atoms with Gasteiger partial charge in [-0.2, -0.15) is 5.10 Å². The van der Waals surface area contributed by atoms with Crippen LogP contribution in [0.3, 0.4) is 0 Å². The van der Waals surface area contributed by atoms with Gasteiger partial charge in [0.05, 0.1) is 19.9 Å². The molecule has 0 radical (unpaired) electrons. The summed E-state index contributed by atoms with van der Waals surface area (Å²) in [4.78, 5) is 27.2. The number of nitrogens with zero attached hydrogens (tertiary/aromatic N) is 2. The average Bonchev–Trinajstić information content (AvgIpc) is 2.62. The maximum atomic E-state index is 11.8. The number of para-hydroxylation sites is 1. The van der Waals surface area contributed by atoms with Crippen LogP contribution in [0.5, 0.6) is 11.5 Å². The number of phenolic OH excluding ortho intramolecular Hbond substituents is 1. The predicted octanol–water partition coefficient (Wildman–Crippen LogP) is 0.676. The predicted molar refractivity (Wildman–Crippen MR) is 87.0 cm³/mol. The van der Waals surface area contributed by atoms with Crippen LogP contribution in [0.15, 0.2) is 47.8 Å². The van der Waals surface area contributed by atoms with Crippen molar-refractivity contribution >= 4 is 18.0 Å². The van der Waals surface area contributed by atoms with Crippen LogP contribution < -0.4 is 15.5 Å². The molecule has 0 aliphatic carbocycles. The van der Waals surface area contributed by atoms with Crippen molar-refractivity contribution in [3.63, 3.8) is 0 Å². The standard InChI is InChI=1S/C16H16N4O4/c1-24-13-4-2-3-12(15(13)22)9-19-20-14(21)10-18-16(23)11-5-7-17-8-6-11/h2-9,22H,10H2,1H3,(H,18,23)(H,20,21)/b19-9-. The Kier molecular flexibility index (Phi) is 5.84. The fourth-order valence-electron chi connectivity index (χ4n) is 1.79. The summed E-state index contributed by atoms with van der Waals surface area (Å²) in [5, 5.41) is 16.0. The molecular weight excluding hydrogens is 312 g/mol. The number of hydrogen-bond donors (Lipinski definition) is 3. The summed E-state index contributed by atoms with van der Waals surface area (Å²) in [6.07, 6.45) is 4.25. The fraction of sp³-hybridized carbons (Fsp3) is 0.125. The number of carbonyl (C=O) groups is 2. The summed E-state index contributed by atoms with van der Waals surface area (Å²) in [5.74, 6) is -0.670. The van der Waals surface area contributed by atoms with Gasteiger partial charge in [0.1, 0.15) is 0 Å². The van der Waals surface area contributed by atoms with Gasteiger partial charge in [-0.15, -0.1) is 0 Å². The van der Waals surface area contributed by atoms with E-state index in [0.717, 1.165) is 0 Å². The van der Waals surface area contributed by atoms with E-state index in [1.807, 2.05) is 0 Å². The molecule has 1 heterocycles. The molecule has 0 unspecified atom stereocenters. The van der Waals surface area contributed by atoms with Crippen molar-refractivity contribution in [3.05, 3.63) is 53.9 Å². The monoisotopic (exact) mass is 328 g/mol. The molecule has 0 bridgehead atoms. The molecule has 1 aromatic heterocycles. The lowest BCUT2D eigenvalue weighted by atomic mass is 10.2. The van der Waals surface area contributed by atoms with E-state index in [4.69, 9.17) is 4.74 Å². The molecule has 1 aromatic carbocycles. The van der Waals surface area contributed by atoms with Gasteiger partial charge in [-0.1, -0.05) is 6.07 Å². The van der Waals surface area contributed by atoms with E-state index >= 15 is 0 Å².